The Morgan fingerprint density at radius 2 is 1.50 bits per heavy atom. The zero-order valence-corrected chi connectivity index (χ0v) is 26.6. The summed E-state index contributed by atoms with van der Waals surface area (Å²) in [6.45, 7) is 13.3. The fourth-order valence-electron chi connectivity index (χ4n) is 7.09. The maximum atomic E-state index is 12.1. The smallest absolute Gasteiger partial charge is 0.335 e. The lowest BCUT2D eigenvalue weighted by atomic mass is 9.73. The van der Waals surface area contributed by atoms with Crippen molar-refractivity contribution < 1.29 is 24.2 Å². The Hall–Kier alpha value is -2.40. The second-order valence-electron chi connectivity index (χ2n) is 13.1. The van der Waals surface area contributed by atoms with Gasteiger partial charge in [0.2, 0.25) is 0 Å². The molecule has 0 radical (unpaired) electrons. The Labute approximate surface area is 255 Å². The molecule has 2 saturated carbocycles. The SMILES string of the molecule is C=C(C)C(=O)OCC(COC(=O)C(=C)CO)CC1CCC(c2ccc(C3CCC(CCCCC)CC3)c(CC)c2)CC1. The van der Waals surface area contributed by atoms with E-state index in [1.165, 1.54) is 56.9 Å². The minimum absolute atomic E-state index is 0.0285. The van der Waals surface area contributed by atoms with Gasteiger partial charge in [-0.05, 0) is 111 Å². The molecule has 2 fully saturated rings. The standard InChI is InChI=1S/C37H56O5/c1-6-8-9-10-28-11-17-33(18-12-28)35-20-19-34(22-31(35)7-2)32-15-13-29(14-16-32)21-30(24-41-36(39)26(3)4)25-42-37(40)27(5)23-38/h19-20,22,28-30,32-33,38H,3,5-18,21,23-25H2,1-2,4H3. The van der Waals surface area contributed by atoms with Gasteiger partial charge in [-0.1, -0.05) is 70.9 Å². The molecule has 0 bridgehead atoms. The third kappa shape index (κ3) is 10.4. The normalized spacial score (nSPS) is 23.1. The van der Waals surface area contributed by atoms with E-state index in [1.807, 2.05) is 0 Å². The quantitative estimate of drug-likeness (QED) is 0.120. The van der Waals surface area contributed by atoms with Crippen LogP contribution < -0.4 is 0 Å². The van der Waals surface area contributed by atoms with Crippen molar-refractivity contribution in [2.45, 2.75) is 122 Å². The first-order chi connectivity index (χ1) is 20.2. The van der Waals surface area contributed by atoms with Gasteiger partial charge < -0.3 is 14.6 Å². The zero-order chi connectivity index (χ0) is 30.5. The van der Waals surface area contributed by atoms with Crippen molar-refractivity contribution in [1.82, 2.24) is 0 Å². The van der Waals surface area contributed by atoms with Crippen LogP contribution in [0.5, 0.6) is 0 Å². The van der Waals surface area contributed by atoms with E-state index in [1.54, 1.807) is 18.1 Å². The molecular weight excluding hydrogens is 524 g/mol. The number of hydrogen-bond acceptors (Lipinski definition) is 5. The highest BCUT2D eigenvalue weighted by atomic mass is 16.5. The third-order valence-corrected chi connectivity index (χ3v) is 9.76. The summed E-state index contributed by atoms with van der Waals surface area (Å²) >= 11 is 0. The molecule has 0 amide bonds. The van der Waals surface area contributed by atoms with Gasteiger partial charge in [0, 0.05) is 11.5 Å². The van der Waals surface area contributed by atoms with Crippen molar-refractivity contribution in [3.05, 3.63) is 59.2 Å². The van der Waals surface area contributed by atoms with E-state index < -0.39 is 18.5 Å². The number of carbonyl (C=O) groups is 2. The minimum atomic E-state index is -0.604. The maximum absolute atomic E-state index is 12.1. The molecule has 0 spiro atoms. The molecule has 0 aliphatic heterocycles. The molecule has 0 saturated heterocycles. The average molecular weight is 581 g/mol. The molecule has 0 aromatic heterocycles. The molecule has 3 rings (SSSR count). The average Bonchev–Trinajstić information content (AvgIpc) is 3.02. The van der Waals surface area contributed by atoms with Crippen LogP contribution in [0.25, 0.3) is 0 Å². The monoisotopic (exact) mass is 580 g/mol. The van der Waals surface area contributed by atoms with Crippen LogP contribution in [0.3, 0.4) is 0 Å². The molecule has 1 aromatic carbocycles. The van der Waals surface area contributed by atoms with Crippen molar-refractivity contribution in [3.63, 3.8) is 0 Å². The number of unbranched alkanes of at least 4 members (excludes halogenated alkanes) is 2. The van der Waals surface area contributed by atoms with Gasteiger partial charge in [-0.3, -0.25) is 0 Å². The van der Waals surface area contributed by atoms with Crippen LogP contribution in [0.1, 0.15) is 133 Å². The number of hydrogen-bond donors (Lipinski definition) is 1. The summed E-state index contributed by atoms with van der Waals surface area (Å²) < 4.78 is 10.8. The lowest BCUT2D eigenvalue weighted by molar-refractivity contribution is -0.144. The Balaban J connectivity index is 1.54. The van der Waals surface area contributed by atoms with Crippen LogP contribution in [0.15, 0.2) is 42.5 Å². The van der Waals surface area contributed by atoms with Gasteiger partial charge in [0.15, 0.2) is 0 Å². The predicted molar refractivity (Wildman–Crippen MR) is 170 cm³/mol. The Kier molecular flexibility index (Phi) is 14.3. The fraction of sp³-hybridized carbons (Fsp3) is 0.676. The van der Waals surface area contributed by atoms with E-state index in [0.29, 0.717) is 17.4 Å². The topological polar surface area (TPSA) is 72.8 Å². The third-order valence-electron chi connectivity index (χ3n) is 9.76. The van der Waals surface area contributed by atoms with E-state index >= 15 is 0 Å². The summed E-state index contributed by atoms with van der Waals surface area (Å²) in [6, 6.07) is 7.39. The minimum Gasteiger partial charge on any atom is -0.462 e. The Morgan fingerprint density at radius 1 is 0.881 bits per heavy atom. The molecular formula is C37H56O5. The molecule has 1 unspecified atom stereocenters. The molecule has 1 atom stereocenters. The highest BCUT2D eigenvalue weighted by Crippen LogP contribution is 2.42. The number of rotatable bonds is 16. The van der Waals surface area contributed by atoms with Gasteiger partial charge in [0.25, 0.3) is 0 Å². The Morgan fingerprint density at radius 3 is 2.10 bits per heavy atom. The van der Waals surface area contributed by atoms with Crippen LogP contribution in [0.4, 0.5) is 0 Å². The molecule has 234 valence electrons. The first-order valence-electron chi connectivity index (χ1n) is 16.7. The van der Waals surface area contributed by atoms with Gasteiger partial charge in [0.05, 0.1) is 25.4 Å². The van der Waals surface area contributed by atoms with E-state index in [9.17, 15) is 9.59 Å². The zero-order valence-electron chi connectivity index (χ0n) is 26.6. The lowest BCUT2D eigenvalue weighted by Gasteiger charge is -2.32. The predicted octanol–water partition coefficient (Wildman–Crippen LogP) is 8.59. The van der Waals surface area contributed by atoms with Crippen molar-refractivity contribution in [1.29, 1.82) is 0 Å². The van der Waals surface area contributed by atoms with Crippen LogP contribution in [0.2, 0.25) is 0 Å². The summed E-state index contributed by atoms with van der Waals surface area (Å²) in [5.74, 6) is 1.62. The number of esters is 2. The summed E-state index contributed by atoms with van der Waals surface area (Å²) in [5.41, 5.74) is 5.03. The molecule has 0 heterocycles. The first-order valence-corrected chi connectivity index (χ1v) is 16.7. The van der Waals surface area contributed by atoms with E-state index in [0.717, 1.165) is 50.4 Å². The summed E-state index contributed by atoms with van der Waals surface area (Å²) in [5, 5.41) is 9.17. The molecule has 42 heavy (non-hydrogen) atoms. The second-order valence-corrected chi connectivity index (χ2v) is 13.1. The summed E-state index contributed by atoms with van der Waals surface area (Å²) in [7, 11) is 0. The molecule has 5 nitrogen and oxygen atoms in total. The summed E-state index contributed by atoms with van der Waals surface area (Å²) in [4.78, 5) is 24.0. The number of benzene rings is 1. The van der Waals surface area contributed by atoms with E-state index in [-0.39, 0.29) is 24.7 Å². The number of carbonyl (C=O) groups excluding carboxylic acids is 2. The molecule has 2 aliphatic carbocycles. The molecule has 5 heteroatoms. The number of ether oxygens (including phenoxy) is 2. The molecule has 2 aliphatic rings. The second kappa shape index (κ2) is 17.7. The maximum Gasteiger partial charge on any atom is 0.335 e. The fourth-order valence-corrected chi connectivity index (χ4v) is 7.09. The summed E-state index contributed by atoms with van der Waals surface area (Å²) in [6.07, 6.45) is 17.5. The number of aryl methyl sites for hydroxylation is 1. The largest absolute Gasteiger partial charge is 0.462 e. The van der Waals surface area contributed by atoms with Crippen molar-refractivity contribution in [2.24, 2.45) is 17.8 Å². The highest BCUT2D eigenvalue weighted by molar-refractivity contribution is 5.88. The highest BCUT2D eigenvalue weighted by Gasteiger charge is 2.28. The van der Waals surface area contributed by atoms with Crippen LogP contribution in [-0.2, 0) is 25.5 Å². The van der Waals surface area contributed by atoms with Gasteiger partial charge >= 0.3 is 11.9 Å². The lowest BCUT2D eigenvalue weighted by Crippen LogP contribution is -2.26. The van der Waals surface area contributed by atoms with E-state index in [4.69, 9.17) is 14.6 Å². The number of aliphatic hydroxyl groups excluding tert-OH is 1. The molecule has 1 aromatic rings. The molecule has 1 N–H and O–H groups in total. The van der Waals surface area contributed by atoms with Gasteiger partial charge in [0.1, 0.15) is 0 Å². The van der Waals surface area contributed by atoms with Crippen molar-refractivity contribution in [3.8, 4) is 0 Å². The Bertz CT molecular complexity index is 1030. The van der Waals surface area contributed by atoms with E-state index in [2.05, 4.69) is 45.2 Å². The van der Waals surface area contributed by atoms with Gasteiger partial charge in [-0.15, -0.1) is 0 Å². The van der Waals surface area contributed by atoms with Crippen LogP contribution in [-0.4, -0.2) is 36.9 Å². The van der Waals surface area contributed by atoms with Gasteiger partial charge in [-0.25, -0.2) is 9.59 Å². The van der Waals surface area contributed by atoms with Crippen LogP contribution >= 0.6 is 0 Å². The van der Waals surface area contributed by atoms with Crippen molar-refractivity contribution >= 4 is 11.9 Å². The first kappa shape index (κ1) is 34.1. The van der Waals surface area contributed by atoms with Crippen LogP contribution in [0, 0.1) is 17.8 Å². The number of aliphatic hydroxyl groups is 1. The van der Waals surface area contributed by atoms with Gasteiger partial charge in [-0.2, -0.15) is 0 Å². The van der Waals surface area contributed by atoms with Crippen molar-refractivity contribution in [2.75, 3.05) is 19.8 Å².